The first-order valence-corrected chi connectivity index (χ1v) is 8.42. The van der Waals surface area contributed by atoms with Gasteiger partial charge in [0.05, 0.1) is 5.56 Å². The van der Waals surface area contributed by atoms with E-state index in [1.165, 1.54) is 5.56 Å². The Morgan fingerprint density at radius 3 is 2.80 bits per heavy atom. The van der Waals surface area contributed by atoms with Gasteiger partial charge in [-0.3, -0.25) is 9.69 Å². The third-order valence-electron chi connectivity index (χ3n) is 4.47. The fourth-order valence-electron chi connectivity index (χ4n) is 3.20. The third kappa shape index (κ3) is 3.26. The molecule has 0 atom stereocenters. The summed E-state index contributed by atoms with van der Waals surface area (Å²) in [5.41, 5.74) is 8.97. The predicted octanol–water partition coefficient (Wildman–Crippen LogP) is 2.00. The van der Waals surface area contributed by atoms with E-state index in [9.17, 15) is 4.79 Å². The van der Waals surface area contributed by atoms with Gasteiger partial charge < -0.3 is 15.5 Å². The summed E-state index contributed by atoms with van der Waals surface area (Å²) in [6.07, 6.45) is 0. The molecule has 0 aliphatic carbocycles. The number of carbonyl (C=O) groups excluding carboxylic acids is 1. The molecule has 1 saturated heterocycles. The molecule has 128 valence electrons. The Balaban J connectivity index is 1.65. The van der Waals surface area contributed by atoms with Gasteiger partial charge in [-0.25, -0.2) is 4.98 Å². The van der Waals surface area contributed by atoms with Crippen molar-refractivity contribution < 1.29 is 9.21 Å². The molecule has 6 nitrogen and oxygen atoms in total. The molecule has 0 unspecified atom stereocenters. The molecule has 25 heavy (non-hydrogen) atoms. The molecule has 1 aromatic heterocycles. The lowest BCUT2D eigenvalue weighted by Crippen LogP contribution is -2.42. The van der Waals surface area contributed by atoms with Gasteiger partial charge in [-0.05, 0) is 29.8 Å². The molecule has 0 radical (unpaired) electrons. The highest BCUT2D eigenvalue weighted by Gasteiger charge is 2.15. The van der Waals surface area contributed by atoms with Crippen molar-refractivity contribution in [3.63, 3.8) is 0 Å². The van der Waals surface area contributed by atoms with Gasteiger partial charge in [0.2, 0.25) is 5.89 Å². The van der Waals surface area contributed by atoms with Gasteiger partial charge in [0.25, 0.3) is 5.91 Å². The van der Waals surface area contributed by atoms with Crippen LogP contribution >= 0.6 is 0 Å². The highest BCUT2D eigenvalue weighted by molar-refractivity contribution is 6.03. The summed E-state index contributed by atoms with van der Waals surface area (Å²) < 4.78 is 5.86. The first-order chi connectivity index (χ1) is 12.2. The predicted molar refractivity (Wildman–Crippen MR) is 96.1 cm³/mol. The largest absolute Gasteiger partial charge is 0.435 e. The van der Waals surface area contributed by atoms with Crippen molar-refractivity contribution in [2.45, 2.75) is 6.54 Å². The van der Waals surface area contributed by atoms with Crippen LogP contribution in [0, 0.1) is 0 Å². The molecule has 6 heteroatoms. The average Bonchev–Trinajstić information content (AvgIpc) is 3.07. The van der Waals surface area contributed by atoms with Crippen molar-refractivity contribution in [2.24, 2.45) is 5.73 Å². The smallest absolute Gasteiger partial charge is 0.252 e. The first-order valence-electron chi connectivity index (χ1n) is 8.42. The summed E-state index contributed by atoms with van der Waals surface area (Å²) in [6, 6.07) is 13.4. The van der Waals surface area contributed by atoms with Crippen LogP contribution in [0.5, 0.6) is 0 Å². The maximum absolute atomic E-state index is 11.6. The van der Waals surface area contributed by atoms with Crippen LogP contribution in [-0.4, -0.2) is 42.0 Å². The van der Waals surface area contributed by atoms with Crippen molar-refractivity contribution in [1.82, 2.24) is 15.2 Å². The van der Waals surface area contributed by atoms with E-state index in [-0.39, 0.29) is 0 Å². The van der Waals surface area contributed by atoms with Crippen LogP contribution in [0.3, 0.4) is 0 Å². The highest BCUT2D eigenvalue weighted by atomic mass is 16.3. The Kier molecular flexibility index (Phi) is 4.21. The molecule has 2 aromatic carbocycles. The molecule has 0 spiro atoms. The van der Waals surface area contributed by atoms with Gasteiger partial charge in [-0.1, -0.05) is 18.2 Å². The standard InChI is InChI=1S/C19H20N4O2/c20-18(24)15-5-2-6-16-17(15)25-19(22-16)14-4-1-3-13(11-14)12-23-9-7-21-8-10-23/h1-6,11,21H,7-10,12H2,(H2,20,24). The number of aromatic nitrogens is 1. The number of nitrogens with zero attached hydrogens (tertiary/aromatic N) is 2. The number of benzene rings is 2. The topological polar surface area (TPSA) is 84.4 Å². The zero-order valence-electron chi connectivity index (χ0n) is 13.9. The summed E-state index contributed by atoms with van der Waals surface area (Å²) in [4.78, 5) is 18.5. The Morgan fingerprint density at radius 1 is 1.20 bits per heavy atom. The van der Waals surface area contributed by atoms with Crippen LogP contribution in [-0.2, 0) is 6.54 Å². The summed E-state index contributed by atoms with van der Waals surface area (Å²) in [6.45, 7) is 5.06. The molecule has 2 heterocycles. The summed E-state index contributed by atoms with van der Waals surface area (Å²) in [7, 11) is 0. The van der Waals surface area contributed by atoms with E-state index in [1.807, 2.05) is 18.2 Å². The second kappa shape index (κ2) is 6.66. The van der Waals surface area contributed by atoms with Gasteiger partial charge in [0, 0.05) is 38.3 Å². The number of carbonyl (C=O) groups is 1. The lowest BCUT2D eigenvalue weighted by atomic mass is 10.1. The van der Waals surface area contributed by atoms with Crippen molar-refractivity contribution in [1.29, 1.82) is 0 Å². The van der Waals surface area contributed by atoms with Crippen LogP contribution in [0.1, 0.15) is 15.9 Å². The molecular formula is C19H20N4O2. The average molecular weight is 336 g/mol. The number of hydrogen-bond acceptors (Lipinski definition) is 5. The Labute approximate surface area is 145 Å². The van der Waals surface area contributed by atoms with E-state index in [1.54, 1.807) is 12.1 Å². The number of fused-ring (bicyclic) bond motifs is 1. The first kappa shape index (κ1) is 15.8. The Hall–Kier alpha value is -2.70. The monoisotopic (exact) mass is 336 g/mol. The minimum Gasteiger partial charge on any atom is -0.435 e. The van der Waals surface area contributed by atoms with Crippen molar-refractivity contribution >= 4 is 17.0 Å². The number of nitrogens with two attached hydrogens (primary N) is 1. The number of amides is 1. The maximum atomic E-state index is 11.6. The van der Waals surface area contributed by atoms with Gasteiger partial charge in [0.15, 0.2) is 5.58 Å². The quantitative estimate of drug-likeness (QED) is 0.761. The minimum absolute atomic E-state index is 0.355. The van der Waals surface area contributed by atoms with Crippen LogP contribution < -0.4 is 11.1 Å². The Morgan fingerprint density at radius 2 is 2.00 bits per heavy atom. The van der Waals surface area contributed by atoms with Crippen LogP contribution in [0.4, 0.5) is 0 Å². The van der Waals surface area contributed by atoms with Gasteiger partial charge in [0.1, 0.15) is 5.52 Å². The molecule has 1 aliphatic heterocycles. The fourth-order valence-corrected chi connectivity index (χ4v) is 3.20. The fraction of sp³-hybridized carbons (Fsp3) is 0.263. The zero-order chi connectivity index (χ0) is 17.2. The number of oxazole rings is 1. The highest BCUT2D eigenvalue weighted by Crippen LogP contribution is 2.27. The zero-order valence-corrected chi connectivity index (χ0v) is 13.9. The number of primary amides is 1. The molecule has 1 aliphatic rings. The molecule has 3 aromatic rings. The lowest BCUT2D eigenvalue weighted by Gasteiger charge is -2.27. The SMILES string of the molecule is NC(=O)c1cccc2nc(-c3cccc(CN4CCNCC4)c3)oc12. The molecule has 1 fully saturated rings. The molecular weight excluding hydrogens is 316 g/mol. The number of piperazine rings is 1. The molecule has 4 rings (SSSR count). The lowest BCUT2D eigenvalue weighted by molar-refractivity contribution is 0.100. The van der Waals surface area contributed by atoms with E-state index in [4.69, 9.17) is 10.2 Å². The summed E-state index contributed by atoms with van der Waals surface area (Å²) in [5, 5.41) is 3.36. The summed E-state index contributed by atoms with van der Waals surface area (Å²) in [5.74, 6) is -0.00776. The minimum atomic E-state index is -0.513. The summed E-state index contributed by atoms with van der Waals surface area (Å²) >= 11 is 0. The molecule has 0 saturated carbocycles. The maximum Gasteiger partial charge on any atom is 0.252 e. The second-order valence-electron chi connectivity index (χ2n) is 6.26. The van der Waals surface area contributed by atoms with Crippen molar-refractivity contribution in [3.8, 4) is 11.5 Å². The van der Waals surface area contributed by atoms with Crippen molar-refractivity contribution in [2.75, 3.05) is 26.2 Å². The molecule has 1 amide bonds. The van der Waals surface area contributed by atoms with Crippen LogP contribution in [0.2, 0.25) is 0 Å². The number of hydrogen-bond donors (Lipinski definition) is 2. The van der Waals surface area contributed by atoms with E-state index < -0.39 is 5.91 Å². The van der Waals surface area contributed by atoms with E-state index in [0.717, 1.165) is 38.3 Å². The number of rotatable bonds is 4. The number of nitrogens with one attached hydrogen (secondary N) is 1. The Bertz CT molecular complexity index is 913. The van der Waals surface area contributed by atoms with E-state index >= 15 is 0 Å². The third-order valence-corrected chi connectivity index (χ3v) is 4.47. The van der Waals surface area contributed by atoms with E-state index in [2.05, 4.69) is 27.3 Å². The number of para-hydroxylation sites is 1. The second-order valence-corrected chi connectivity index (χ2v) is 6.26. The van der Waals surface area contributed by atoms with E-state index in [0.29, 0.717) is 22.6 Å². The normalized spacial score (nSPS) is 15.5. The van der Waals surface area contributed by atoms with Gasteiger partial charge >= 0.3 is 0 Å². The van der Waals surface area contributed by atoms with Gasteiger partial charge in [-0.2, -0.15) is 0 Å². The van der Waals surface area contributed by atoms with Crippen LogP contribution in [0.25, 0.3) is 22.6 Å². The molecule has 3 N–H and O–H groups in total. The molecule has 0 bridgehead atoms. The van der Waals surface area contributed by atoms with Crippen molar-refractivity contribution in [3.05, 3.63) is 53.6 Å². The van der Waals surface area contributed by atoms with Crippen LogP contribution in [0.15, 0.2) is 46.9 Å². The van der Waals surface area contributed by atoms with Gasteiger partial charge in [-0.15, -0.1) is 0 Å².